The van der Waals surface area contributed by atoms with Crippen molar-refractivity contribution in [1.82, 2.24) is 24.9 Å². The van der Waals surface area contributed by atoms with Gasteiger partial charge in [0.2, 0.25) is 0 Å². The molecule has 31 heavy (non-hydrogen) atoms. The van der Waals surface area contributed by atoms with Gasteiger partial charge >= 0.3 is 6.18 Å². The molecule has 1 aromatic carbocycles. The van der Waals surface area contributed by atoms with Crippen LogP contribution >= 0.6 is 0 Å². The minimum Gasteiger partial charge on any atom is -0.376 e. The summed E-state index contributed by atoms with van der Waals surface area (Å²) in [6.45, 7) is 0.371. The van der Waals surface area contributed by atoms with Crippen molar-refractivity contribution in [3.05, 3.63) is 58.8 Å². The molecule has 4 rings (SSSR count). The molecule has 1 aliphatic rings. The van der Waals surface area contributed by atoms with Crippen LogP contribution in [0.25, 0.3) is 11.3 Å². The van der Waals surface area contributed by atoms with E-state index >= 15 is 0 Å². The summed E-state index contributed by atoms with van der Waals surface area (Å²) in [7, 11) is 1.60. The molecule has 7 nitrogen and oxygen atoms in total. The monoisotopic (exact) mass is 437 g/mol. The van der Waals surface area contributed by atoms with Gasteiger partial charge in [0.15, 0.2) is 5.69 Å². The van der Waals surface area contributed by atoms with Crippen LogP contribution in [0.2, 0.25) is 0 Å². The third-order valence-corrected chi connectivity index (χ3v) is 5.03. The van der Waals surface area contributed by atoms with Gasteiger partial charge in [-0.15, -0.1) is 0 Å². The van der Waals surface area contributed by atoms with E-state index in [0.29, 0.717) is 30.0 Å². The maximum Gasteiger partial charge on any atom is 0.435 e. The normalized spacial score (nSPS) is 13.8. The smallest absolute Gasteiger partial charge is 0.376 e. The molecule has 0 saturated heterocycles. The Bertz CT molecular complexity index is 1100. The van der Waals surface area contributed by atoms with Crippen molar-refractivity contribution in [2.75, 3.05) is 13.2 Å². The number of nitrogens with one attached hydrogen (secondary N) is 1. The zero-order chi connectivity index (χ0) is 22.2. The maximum absolute atomic E-state index is 13.2. The molecule has 1 N–H and O–H groups in total. The van der Waals surface area contributed by atoms with Crippen LogP contribution in [0.15, 0.2) is 30.3 Å². The first kappa shape index (κ1) is 21.0. The summed E-state index contributed by atoms with van der Waals surface area (Å²) in [5.41, 5.74) is 1.02. The number of hydrogen-bond acceptors (Lipinski definition) is 4. The Morgan fingerprint density at radius 1 is 1.23 bits per heavy atom. The average Bonchev–Trinajstić information content (AvgIpc) is 3.30. The summed E-state index contributed by atoms with van der Waals surface area (Å²) >= 11 is 0. The van der Waals surface area contributed by atoms with Crippen LogP contribution < -0.4 is 5.32 Å². The second-order valence-electron chi connectivity index (χ2n) is 7.10. The van der Waals surface area contributed by atoms with E-state index in [-0.39, 0.29) is 36.8 Å². The van der Waals surface area contributed by atoms with Crippen LogP contribution in [0.1, 0.15) is 27.4 Å². The maximum atomic E-state index is 13.2. The van der Waals surface area contributed by atoms with Crippen molar-refractivity contribution in [1.29, 1.82) is 0 Å². The number of amides is 1. The Morgan fingerprint density at radius 2 is 1.97 bits per heavy atom. The molecule has 0 fully saturated rings. The van der Waals surface area contributed by atoms with E-state index in [4.69, 9.17) is 4.74 Å². The number of aromatic nitrogens is 4. The Morgan fingerprint density at radius 3 is 2.68 bits per heavy atom. The molecule has 0 spiro atoms. The number of rotatable bonds is 5. The number of benzene rings is 1. The molecule has 2 aromatic heterocycles. The number of carbonyl (C=O) groups excluding carboxylic acids is 1. The molecule has 0 bridgehead atoms. The second kappa shape index (κ2) is 8.14. The van der Waals surface area contributed by atoms with Gasteiger partial charge in [0, 0.05) is 36.8 Å². The van der Waals surface area contributed by atoms with Crippen LogP contribution in [0.4, 0.5) is 17.6 Å². The van der Waals surface area contributed by atoms with Crippen LogP contribution in [-0.4, -0.2) is 38.6 Å². The molecule has 0 atom stereocenters. The number of ether oxygens (including phenoxy) is 1. The molecule has 0 saturated carbocycles. The zero-order valence-electron chi connectivity index (χ0n) is 16.5. The molecular formula is C20H19F4N5O2. The zero-order valence-corrected chi connectivity index (χ0v) is 16.5. The lowest BCUT2D eigenvalue weighted by atomic mass is 10.1. The van der Waals surface area contributed by atoms with Crippen LogP contribution in [-0.2, 0) is 37.5 Å². The molecule has 1 aliphatic heterocycles. The van der Waals surface area contributed by atoms with Crippen molar-refractivity contribution < 1.29 is 27.1 Å². The molecule has 1 amide bonds. The number of aryl methyl sites for hydroxylation is 1. The highest BCUT2D eigenvalue weighted by molar-refractivity contribution is 5.93. The third kappa shape index (κ3) is 4.31. The first-order chi connectivity index (χ1) is 14.7. The third-order valence-electron chi connectivity index (χ3n) is 5.03. The number of carbonyl (C=O) groups is 1. The van der Waals surface area contributed by atoms with Crippen LogP contribution in [0, 0.1) is 5.82 Å². The Labute approximate surface area is 174 Å². The number of halogens is 4. The molecule has 164 valence electrons. The van der Waals surface area contributed by atoms with Crippen molar-refractivity contribution in [2.45, 2.75) is 25.7 Å². The summed E-state index contributed by atoms with van der Waals surface area (Å²) in [6, 6.07) is 7.28. The Hall–Kier alpha value is -3.21. The summed E-state index contributed by atoms with van der Waals surface area (Å²) in [5.74, 6) is -0.803. The molecule has 11 heteroatoms. The van der Waals surface area contributed by atoms with E-state index in [0.717, 1.165) is 0 Å². The van der Waals surface area contributed by atoms with E-state index in [9.17, 15) is 22.4 Å². The molecule has 0 unspecified atom stereocenters. The Balaban J connectivity index is 1.44. The molecular weight excluding hydrogens is 418 g/mol. The van der Waals surface area contributed by atoms with Gasteiger partial charge in [-0.2, -0.15) is 23.4 Å². The van der Waals surface area contributed by atoms with Gasteiger partial charge < -0.3 is 10.1 Å². The molecule has 0 aliphatic carbocycles. The van der Waals surface area contributed by atoms with Crippen molar-refractivity contribution in [3.63, 3.8) is 0 Å². The highest BCUT2D eigenvalue weighted by atomic mass is 19.4. The predicted octanol–water partition coefficient (Wildman–Crippen LogP) is 2.94. The van der Waals surface area contributed by atoms with E-state index in [1.807, 2.05) is 0 Å². The molecule has 0 radical (unpaired) electrons. The van der Waals surface area contributed by atoms with Gasteiger partial charge in [-0.1, -0.05) is 0 Å². The van der Waals surface area contributed by atoms with Crippen molar-refractivity contribution in [3.8, 4) is 11.3 Å². The number of nitrogens with zero attached hydrogens (tertiary/aromatic N) is 4. The predicted molar refractivity (Wildman–Crippen MR) is 102 cm³/mol. The van der Waals surface area contributed by atoms with Gasteiger partial charge in [0.05, 0.1) is 25.5 Å². The lowest BCUT2D eigenvalue weighted by molar-refractivity contribution is -0.142. The number of hydrogen-bond donors (Lipinski definition) is 1. The van der Waals surface area contributed by atoms with E-state index in [1.54, 1.807) is 25.2 Å². The second-order valence-corrected chi connectivity index (χ2v) is 7.10. The lowest BCUT2D eigenvalue weighted by Gasteiger charge is -2.15. The average molecular weight is 437 g/mol. The number of alkyl halides is 3. The van der Waals surface area contributed by atoms with Gasteiger partial charge in [0.1, 0.15) is 11.5 Å². The fraction of sp³-hybridized carbons (Fsp3) is 0.350. The van der Waals surface area contributed by atoms with Crippen molar-refractivity contribution in [2.24, 2.45) is 7.05 Å². The summed E-state index contributed by atoms with van der Waals surface area (Å²) in [6.07, 6.45) is -4.24. The molecule has 3 heterocycles. The highest BCUT2D eigenvalue weighted by Crippen LogP contribution is 2.34. The van der Waals surface area contributed by atoms with Crippen LogP contribution in [0.3, 0.4) is 0 Å². The van der Waals surface area contributed by atoms with E-state index < -0.39 is 17.8 Å². The summed E-state index contributed by atoms with van der Waals surface area (Å²) in [4.78, 5) is 12.5. The van der Waals surface area contributed by atoms with E-state index in [1.165, 1.54) is 21.5 Å². The standard InChI is InChI=1S/C20H19F4N5O2/c1-28-17(10-15(26-28)12-2-4-13(21)5-3-12)19(30)25-7-8-29-16-6-9-31-11-14(16)18(27-29)20(22,23)24/h2-5,10H,6-9,11H2,1H3,(H,25,30). The first-order valence-corrected chi connectivity index (χ1v) is 9.55. The highest BCUT2D eigenvalue weighted by Gasteiger charge is 2.39. The largest absolute Gasteiger partial charge is 0.435 e. The Kier molecular flexibility index (Phi) is 5.52. The van der Waals surface area contributed by atoms with Crippen LogP contribution in [0.5, 0.6) is 0 Å². The first-order valence-electron chi connectivity index (χ1n) is 9.55. The molecule has 3 aromatic rings. The van der Waals surface area contributed by atoms with Gasteiger partial charge in [-0.3, -0.25) is 14.2 Å². The van der Waals surface area contributed by atoms with Gasteiger partial charge in [0.25, 0.3) is 5.91 Å². The topological polar surface area (TPSA) is 74.0 Å². The SMILES string of the molecule is Cn1nc(-c2ccc(F)cc2)cc1C(=O)NCCn1nc(C(F)(F)F)c2c1CCOC2. The van der Waals surface area contributed by atoms with E-state index in [2.05, 4.69) is 15.5 Å². The quantitative estimate of drug-likeness (QED) is 0.623. The summed E-state index contributed by atoms with van der Waals surface area (Å²) in [5, 5.41) is 10.7. The minimum atomic E-state index is -4.56. The lowest BCUT2D eigenvalue weighted by Crippen LogP contribution is -2.29. The minimum absolute atomic E-state index is 0.0562. The number of fused-ring (bicyclic) bond motifs is 1. The van der Waals surface area contributed by atoms with Gasteiger partial charge in [-0.05, 0) is 30.3 Å². The fourth-order valence-corrected chi connectivity index (χ4v) is 3.53. The fourth-order valence-electron chi connectivity index (χ4n) is 3.53. The summed E-state index contributed by atoms with van der Waals surface area (Å²) < 4.78 is 60.6. The van der Waals surface area contributed by atoms with Gasteiger partial charge in [-0.25, -0.2) is 4.39 Å². The van der Waals surface area contributed by atoms with Crippen molar-refractivity contribution >= 4 is 5.91 Å².